The Morgan fingerprint density at radius 1 is 1.19 bits per heavy atom. The lowest BCUT2D eigenvalue weighted by atomic mass is 9.55. The van der Waals surface area contributed by atoms with Crippen molar-refractivity contribution in [3.05, 3.63) is 41.0 Å². The van der Waals surface area contributed by atoms with Crippen LogP contribution < -0.4 is 4.90 Å². The number of aryl methyl sites for hydroxylation is 1. The minimum Gasteiger partial charge on any atom is -0.461 e. The molecule has 2 aliphatic heterocycles. The van der Waals surface area contributed by atoms with Crippen molar-refractivity contribution in [3.63, 3.8) is 0 Å². The van der Waals surface area contributed by atoms with Crippen molar-refractivity contribution in [1.82, 2.24) is 4.90 Å². The molecule has 4 aliphatic rings. The number of anilines is 1. The maximum absolute atomic E-state index is 12.9. The Morgan fingerprint density at radius 3 is 2.69 bits per heavy atom. The number of hydrogen-bond donors (Lipinski definition) is 1. The number of aliphatic hydroxyl groups excluding tert-OH is 1. The van der Waals surface area contributed by atoms with Gasteiger partial charge in [0, 0.05) is 56.2 Å². The first-order valence-electron chi connectivity index (χ1n) is 12.4. The molecule has 0 radical (unpaired) electrons. The fraction of sp³-hybridized carbons (Fsp3) is 0.667. The molecule has 5 nitrogen and oxygen atoms in total. The highest BCUT2D eigenvalue weighted by atomic mass is 16.6. The average Bonchev–Trinajstić information content (AvgIpc) is 3.08. The first kappa shape index (κ1) is 22.0. The van der Waals surface area contributed by atoms with Gasteiger partial charge in [0.1, 0.15) is 6.10 Å². The molecule has 2 heterocycles. The lowest BCUT2D eigenvalue weighted by Crippen LogP contribution is -2.55. The number of esters is 1. The van der Waals surface area contributed by atoms with Crippen LogP contribution in [0.15, 0.2) is 29.8 Å². The average molecular weight is 439 g/mol. The Morgan fingerprint density at radius 2 is 1.94 bits per heavy atom. The lowest BCUT2D eigenvalue weighted by Gasteiger charge is -2.52. The first-order chi connectivity index (χ1) is 15.3. The summed E-state index contributed by atoms with van der Waals surface area (Å²) >= 11 is 0. The van der Waals surface area contributed by atoms with E-state index >= 15 is 0 Å². The van der Waals surface area contributed by atoms with Crippen LogP contribution in [-0.4, -0.2) is 60.9 Å². The fourth-order valence-corrected chi connectivity index (χ4v) is 6.80. The van der Waals surface area contributed by atoms with Gasteiger partial charge in [-0.15, -0.1) is 0 Å². The second-order valence-electron chi connectivity index (χ2n) is 10.8. The summed E-state index contributed by atoms with van der Waals surface area (Å²) in [6.45, 7) is 13.3. The number of allylic oxidation sites excluding steroid dienone is 1. The molecule has 3 fully saturated rings. The molecule has 5 heteroatoms. The fourth-order valence-electron chi connectivity index (χ4n) is 6.80. The molecule has 0 aromatic heterocycles. The molecule has 0 amide bonds. The first-order valence-corrected chi connectivity index (χ1v) is 12.4. The van der Waals surface area contributed by atoms with E-state index in [0.29, 0.717) is 12.5 Å². The van der Waals surface area contributed by atoms with Crippen LogP contribution in [0.3, 0.4) is 0 Å². The van der Waals surface area contributed by atoms with E-state index in [0.717, 1.165) is 45.4 Å². The quantitative estimate of drug-likeness (QED) is 0.576. The molecular formula is C27H38N2O3. The highest BCUT2D eigenvalue weighted by Crippen LogP contribution is 2.56. The molecule has 0 spiro atoms. The van der Waals surface area contributed by atoms with E-state index in [1.807, 2.05) is 0 Å². The summed E-state index contributed by atoms with van der Waals surface area (Å²) in [4.78, 5) is 17.8. The summed E-state index contributed by atoms with van der Waals surface area (Å²) in [5.74, 6) is -0.000529. The normalized spacial score (nSPS) is 37.5. The standard InChI is InChI=1S/C27H38N2O3/c1-17-7-5-10-22(19(17)3)29-13-11-28(12-14-29)16-21-24-23(32-26(21)31)15-20-9-6-8-18(2)27(20,4)25(24)30/h5,7,9-10,18,21,23-25,30H,6,8,11-16H2,1-4H3/t18-,21+,23+,24-,25+,27+/m0/s1. The number of carbonyl (C=O) groups excluding carboxylic acids is 1. The van der Waals surface area contributed by atoms with Crippen LogP contribution in [0, 0.1) is 37.0 Å². The van der Waals surface area contributed by atoms with Crippen molar-refractivity contribution in [2.45, 2.75) is 59.2 Å². The van der Waals surface area contributed by atoms with Gasteiger partial charge in [-0.3, -0.25) is 9.69 Å². The van der Waals surface area contributed by atoms with E-state index in [-0.39, 0.29) is 29.3 Å². The molecule has 1 aromatic carbocycles. The number of piperazine rings is 1. The summed E-state index contributed by atoms with van der Waals surface area (Å²) in [6, 6.07) is 6.52. The summed E-state index contributed by atoms with van der Waals surface area (Å²) in [6.07, 6.45) is 4.59. The molecule has 32 heavy (non-hydrogen) atoms. The Kier molecular flexibility index (Phi) is 5.61. The van der Waals surface area contributed by atoms with Crippen molar-refractivity contribution in [3.8, 4) is 0 Å². The number of nitrogens with zero attached hydrogens (tertiary/aromatic N) is 2. The van der Waals surface area contributed by atoms with E-state index in [1.54, 1.807) is 0 Å². The Balaban J connectivity index is 1.28. The zero-order chi connectivity index (χ0) is 22.6. The Bertz CT molecular complexity index is 919. The summed E-state index contributed by atoms with van der Waals surface area (Å²) < 4.78 is 5.86. The summed E-state index contributed by atoms with van der Waals surface area (Å²) in [5, 5.41) is 11.6. The van der Waals surface area contributed by atoms with E-state index in [2.05, 4.69) is 61.8 Å². The third-order valence-corrected chi connectivity index (χ3v) is 9.31. The minimum absolute atomic E-state index is 0.0951. The van der Waals surface area contributed by atoms with Gasteiger partial charge in [0.05, 0.1) is 12.0 Å². The predicted molar refractivity (Wildman–Crippen MR) is 127 cm³/mol. The van der Waals surface area contributed by atoms with Gasteiger partial charge in [0.2, 0.25) is 0 Å². The van der Waals surface area contributed by atoms with Crippen LogP contribution in [0.2, 0.25) is 0 Å². The van der Waals surface area contributed by atoms with Crippen LogP contribution in [0.25, 0.3) is 0 Å². The van der Waals surface area contributed by atoms with Crippen LogP contribution in [0.5, 0.6) is 0 Å². The number of fused-ring (bicyclic) bond motifs is 2. The molecule has 1 saturated carbocycles. The van der Waals surface area contributed by atoms with Crippen LogP contribution in [0.4, 0.5) is 5.69 Å². The van der Waals surface area contributed by atoms with E-state index in [1.165, 1.54) is 22.4 Å². The highest BCUT2D eigenvalue weighted by Gasteiger charge is 2.59. The molecule has 0 unspecified atom stereocenters. The topological polar surface area (TPSA) is 53.0 Å². The van der Waals surface area contributed by atoms with Crippen LogP contribution in [0.1, 0.15) is 44.2 Å². The monoisotopic (exact) mass is 438 g/mol. The molecule has 1 N–H and O–H groups in total. The van der Waals surface area contributed by atoms with Crippen LogP contribution >= 0.6 is 0 Å². The SMILES string of the molecule is Cc1cccc(N2CCN(C[C@H]3C(=O)O[C@@H]4CC5=CCC[C@H](C)[C@@]5(C)[C@H](O)[C@H]43)CC2)c1C. The number of aliphatic hydroxyl groups is 1. The molecule has 0 bridgehead atoms. The second kappa shape index (κ2) is 8.18. The van der Waals surface area contributed by atoms with Gasteiger partial charge in [0.15, 0.2) is 0 Å². The third kappa shape index (κ3) is 3.40. The van der Waals surface area contributed by atoms with Crippen molar-refractivity contribution in [2.24, 2.45) is 23.2 Å². The number of ether oxygens (including phenoxy) is 1. The van der Waals surface area contributed by atoms with Gasteiger partial charge >= 0.3 is 5.97 Å². The highest BCUT2D eigenvalue weighted by molar-refractivity contribution is 5.76. The molecule has 5 rings (SSSR count). The Hall–Kier alpha value is -1.85. The minimum atomic E-state index is -0.518. The van der Waals surface area contributed by atoms with Gasteiger partial charge in [-0.25, -0.2) is 0 Å². The van der Waals surface area contributed by atoms with Crippen molar-refractivity contribution in [1.29, 1.82) is 0 Å². The van der Waals surface area contributed by atoms with Crippen molar-refractivity contribution < 1.29 is 14.6 Å². The van der Waals surface area contributed by atoms with Crippen molar-refractivity contribution >= 4 is 11.7 Å². The maximum atomic E-state index is 12.9. The number of hydrogen-bond acceptors (Lipinski definition) is 5. The van der Waals surface area contributed by atoms with E-state index in [4.69, 9.17) is 4.74 Å². The van der Waals surface area contributed by atoms with Crippen molar-refractivity contribution in [2.75, 3.05) is 37.6 Å². The summed E-state index contributed by atoms with van der Waals surface area (Å²) in [5.41, 5.74) is 5.08. The third-order valence-electron chi connectivity index (χ3n) is 9.31. The number of benzene rings is 1. The largest absolute Gasteiger partial charge is 0.461 e. The molecule has 2 saturated heterocycles. The van der Waals surface area contributed by atoms with E-state index in [9.17, 15) is 9.90 Å². The predicted octanol–water partition coefficient (Wildman–Crippen LogP) is 3.71. The number of carbonyl (C=O) groups is 1. The van der Waals surface area contributed by atoms with Gasteiger partial charge in [-0.05, 0) is 49.8 Å². The summed E-state index contributed by atoms with van der Waals surface area (Å²) in [7, 11) is 0. The number of rotatable bonds is 3. The molecule has 174 valence electrons. The van der Waals surface area contributed by atoms with Crippen LogP contribution in [-0.2, 0) is 9.53 Å². The van der Waals surface area contributed by atoms with Gasteiger partial charge in [-0.1, -0.05) is 37.6 Å². The van der Waals surface area contributed by atoms with Gasteiger partial charge in [0.25, 0.3) is 0 Å². The zero-order valence-corrected chi connectivity index (χ0v) is 20.0. The Labute approximate surface area is 192 Å². The second-order valence-corrected chi connectivity index (χ2v) is 10.8. The van der Waals surface area contributed by atoms with E-state index < -0.39 is 6.10 Å². The molecular weight excluding hydrogens is 400 g/mol. The maximum Gasteiger partial charge on any atom is 0.311 e. The molecule has 6 atom stereocenters. The lowest BCUT2D eigenvalue weighted by molar-refractivity contribution is -0.145. The molecule has 1 aromatic rings. The zero-order valence-electron chi connectivity index (χ0n) is 20.0. The molecule has 2 aliphatic carbocycles. The van der Waals surface area contributed by atoms with Gasteiger partial charge < -0.3 is 14.7 Å². The smallest absolute Gasteiger partial charge is 0.311 e. The van der Waals surface area contributed by atoms with Gasteiger partial charge in [-0.2, -0.15) is 0 Å².